The topological polar surface area (TPSA) is 26.0 Å². The summed E-state index contributed by atoms with van der Waals surface area (Å²) >= 11 is 0. The van der Waals surface area contributed by atoms with Crippen molar-refractivity contribution >= 4 is 12.4 Å². The van der Waals surface area contributed by atoms with Crippen LogP contribution in [-0.4, -0.2) is 6.04 Å². The van der Waals surface area contributed by atoms with Crippen molar-refractivity contribution < 1.29 is 0 Å². The summed E-state index contributed by atoms with van der Waals surface area (Å²) in [7, 11) is 0. The quantitative estimate of drug-likeness (QED) is 0.567. The second-order valence-corrected chi connectivity index (χ2v) is 3.13. The van der Waals surface area contributed by atoms with E-state index in [9.17, 15) is 0 Å². The maximum Gasteiger partial charge on any atom is 0.0270 e. The average Bonchev–Trinajstić information content (AvgIpc) is 1.62. The van der Waals surface area contributed by atoms with E-state index in [2.05, 4.69) is 27.4 Å². The van der Waals surface area contributed by atoms with Crippen LogP contribution in [0.5, 0.6) is 0 Å². The molecule has 0 amide bonds. The summed E-state index contributed by atoms with van der Waals surface area (Å²) in [6.45, 7) is 9.89. The van der Waals surface area contributed by atoms with E-state index in [-0.39, 0.29) is 23.9 Å². The lowest BCUT2D eigenvalue weighted by Crippen LogP contribution is -2.32. The molecule has 0 unspecified atom stereocenters. The fourth-order valence-corrected chi connectivity index (χ4v) is 0.354. The third kappa shape index (κ3) is 4.49. The zero-order valence-electron chi connectivity index (χ0n) is 6.35. The van der Waals surface area contributed by atoms with Crippen molar-refractivity contribution in [3.05, 3.63) is 12.7 Å². The van der Waals surface area contributed by atoms with Crippen molar-refractivity contribution in [2.24, 2.45) is 11.1 Å². The summed E-state index contributed by atoms with van der Waals surface area (Å²) in [4.78, 5) is 0. The Kier molecular flexibility index (Phi) is 5.11. The minimum absolute atomic E-state index is 0. The first-order valence-electron chi connectivity index (χ1n) is 2.86. The van der Waals surface area contributed by atoms with E-state index in [1.54, 1.807) is 6.08 Å². The minimum Gasteiger partial charge on any atom is -0.324 e. The van der Waals surface area contributed by atoms with Crippen molar-refractivity contribution in [3.8, 4) is 0 Å². The standard InChI is InChI=1S/C7H15N.ClH/c1-5-6(8)7(2,3)4;/h5-6H,1,8H2,2-4H3;1H/t6-;/m0./s1. The van der Waals surface area contributed by atoms with E-state index in [0.717, 1.165) is 0 Å². The van der Waals surface area contributed by atoms with E-state index >= 15 is 0 Å². The van der Waals surface area contributed by atoms with Crippen LogP contribution < -0.4 is 5.73 Å². The summed E-state index contributed by atoms with van der Waals surface area (Å²) in [5.74, 6) is 0. The van der Waals surface area contributed by atoms with Crippen LogP contribution in [0.3, 0.4) is 0 Å². The van der Waals surface area contributed by atoms with Crippen LogP contribution in [0.1, 0.15) is 20.8 Å². The lowest BCUT2D eigenvalue weighted by molar-refractivity contribution is 0.366. The van der Waals surface area contributed by atoms with Gasteiger partial charge in [-0.3, -0.25) is 0 Å². The summed E-state index contributed by atoms with van der Waals surface area (Å²) < 4.78 is 0. The first-order chi connectivity index (χ1) is 3.48. The molecular formula is C7H16ClN. The molecule has 0 fully saturated rings. The van der Waals surface area contributed by atoms with Crippen LogP contribution in [0.2, 0.25) is 0 Å². The molecule has 9 heavy (non-hydrogen) atoms. The zero-order chi connectivity index (χ0) is 6.78. The van der Waals surface area contributed by atoms with Crippen LogP contribution >= 0.6 is 12.4 Å². The molecule has 0 aromatic carbocycles. The third-order valence-electron chi connectivity index (χ3n) is 1.25. The Morgan fingerprint density at radius 1 is 1.44 bits per heavy atom. The van der Waals surface area contributed by atoms with Gasteiger partial charge in [-0.2, -0.15) is 0 Å². The Hall–Kier alpha value is -0.0100. The Balaban J connectivity index is 0. The molecule has 0 saturated heterocycles. The molecule has 0 spiro atoms. The van der Waals surface area contributed by atoms with Gasteiger partial charge >= 0.3 is 0 Å². The average molecular weight is 150 g/mol. The molecular weight excluding hydrogens is 134 g/mol. The van der Waals surface area contributed by atoms with Crippen molar-refractivity contribution in [3.63, 3.8) is 0 Å². The number of hydrogen-bond donors (Lipinski definition) is 1. The van der Waals surface area contributed by atoms with E-state index < -0.39 is 0 Å². The second kappa shape index (κ2) is 3.91. The summed E-state index contributed by atoms with van der Waals surface area (Å²) in [5, 5.41) is 0. The van der Waals surface area contributed by atoms with Crippen molar-refractivity contribution in [1.82, 2.24) is 0 Å². The van der Waals surface area contributed by atoms with Crippen LogP contribution in [0.4, 0.5) is 0 Å². The first kappa shape index (κ1) is 11.7. The van der Waals surface area contributed by atoms with Gasteiger partial charge in [0.05, 0.1) is 0 Å². The molecule has 2 heteroatoms. The molecule has 0 radical (unpaired) electrons. The van der Waals surface area contributed by atoms with Crippen LogP contribution in [0, 0.1) is 5.41 Å². The van der Waals surface area contributed by atoms with E-state index in [0.29, 0.717) is 0 Å². The molecule has 0 aromatic heterocycles. The largest absolute Gasteiger partial charge is 0.324 e. The number of hydrogen-bond acceptors (Lipinski definition) is 1. The van der Waals surface area contributed by atoms with Gasteiger partial charge in [0.1, 0.15) is 0 Å². The predicted octanol–water partition coefficient (Wildman–Crippen LogP) is 1.97. The SMILES string of the molecule is C=C[C@H](N)C(C)(C)C.Cl. The molecule has 2 N–H and O–H groups in total. The van der Waals surface area contributed by atoms with Gasteiger partial charge in [-0.25, -0.2) is 0 Å². The van der Waals surface area contributed by atoms with Gasteiger partial charge in [-0.15, -0.1) is 19.0 Å². The Labute approximate surface area is 63.7 Å². The molecule has 0 saturated carbocycles. The van der Waals surface area contributed by atoms with Gasteiger partial charge in [0.2, 0.25) is 0 Å². The van der Waals surface area contributed by atoms with Crippen LogP contribution in [0.15, 0.2) is 12.7 Å². The normalized spacial score (nSPS) is 13.8. The highest BCUT2D eigenvalue weighted by molar-refractivity contribution is 5.85. The highest BCUT2D eigenvalue weighted by Gasteiger charge is 2.16. The summed E-state index contributed by atoms with van der Waals surface area (Å²) in [5.41, 5.74) is 5.80. The van der Waals surface area contributed by atoms with Gasteiger partial charge in [0.25, 0.3) is 0 Å². The van der Waals surface area contributed by atoms with Gasteiger partial charge < -0.3 is 5.73 Å². The molecule has 56 valence electrons. The lowest BCUT2D eigenvalue weighted by atomic mass is 9.88. The molecule has 0 rings (SSSR count). The van der Waals surface area contributed by atoms with Crippen molar-refractivity contribution in [2.45, 2.75) is 26.8 Å². The highest BCUT2D eigenvalue weighted by atomic mass is 35.5. The summed E-state index contributed by atoms with van der Waals surface area (Å²) in [6.07, 6.45) is 1.78. The molecule has 0 heterocycles. The molecule has 0 aliphatic heterocycles. The molecule has 1 atom stereocenters. The van der Waals surface area contributed by atoms with Crippen molar-refractivity contribution in [2.75, 3.05) is 0 Å². The molecule has 1 nitrogen and oxygen atoms in total. The molecule has 0 bridgehead atoms. The highest BCUT2D eigenvalue weighted by Crippen LogP contribution is 2.16. The molecule has 0 aliphatic rings. The van der Waals surface area contributed by atoms with Gasteiger partial charge in [0, 0.05) is 6.04 Å². The molecule has 0 aliphatic carbocycles. The monoisotopic (exact) mass is 149 g/mol. The maximum absolute atomic E-state index is 5.63. The second-order valence-electron chi connectivity index (χ2n) is 3.13. The predicted molar refractivity (Wildman–Crippen MR) is 44.9 cm³/mol. The van der Waals surface area contributed by atoms with Gasteiger partial charge in [0.15, 0.2) is 0 Å². The Bertz CT molecular complexity index is 83.4. The van der Waals surface area contributed by atoms with Gasteiger partial charge in [-0.1, -0.05) is 26.8 Å². The zero-order valence-corrected chi connectivity index (χ0v) is 7.16. The smallest absolute Gasteiger partial charge is 0.0270 e. The summed E-state index contributed by atoms with van der Waals surface area (Å²) in [6, 6.07) is 0.113. The van der Waals surface area contributed by atoms with E-state index in [4.69, 9.17) is 5.73 Å². The third-order valence-corrected chi connectivity index (χ3v) is 1.25. The first-order valence-corrected chi connectivity index (χ1v) is 2.86. The fraction of sp³-hybridized carbons (Fsp3) is 0.714. The lowest BCUT2D eigenvalue weighted by Gasteiger charge is -2.23. The number of halogens is 1. The maximum atomic E-state index is 5.63. The fourth-order valence-electron chi connectivity index (χ4n) is 0.354. The van der Waals surface area contributed by atoms with Gasteiger partial charge in [-0.05, 0) is 5.41 Å². The van der Waals surface area contributed by atoms with Crippen LogP contribution in [-0.2, 0) is 0 Å². The number of rotatable bonds is 1. The van der Waals surface area contributed by atoms with E-state index in [1.165, 1.54) is 0 Å². The van der Waals surface area contributed by atoms with E-state index in [1.807, 2.05) is 0 Å². The Morgan fingerprint density at radius 3 is 1.78 bits per heavy atom. The minimum atomic E-state index is 0. The van der Waals surface area contributed by atoms with Crippen molar-refractivity contribution in [1.29, 1.82) is 0 Å². The molecule has 0 aromatic rings. The Morgan fingerprint density at radius 2 is 1.78 bits per heavy atom. The van der Waals surface area contributed by atoms with Crippen LogP contribution in [0.25, 0.3) is 0 Å². The number of nitrogens with two attached hydrogens (primary N) is 1.